The first-order valence-electron chi connectivity index (χ1n) is 8.11. The molecule has 0 N–H and O–H groups in total. The summed E-state index contributed by atoms with van der Waals surface area (Å²) >= 11 is 0. The van der Waals surface area contributed by atoms with E-state index in [4.69, 9.17) is 4.74 Å². The smallest absolute Gasteiger partial charge is 0.306 e. The van der Waals surface area contributed by atoms with Gasteiger partial charge in [-0.3, -0.25) is 19.2 Å². The molecule has 0 bridgehead atoms. The zero-order chi connectivity index (χ0) is 17.8. The quantitative estimate of drug-likeness (QED) is 0.225. The summed E-state index contributed by atoms with van der Waals surface area (Å²) in [4.78, 5) is 45.4. The number of esters is 1. The third kappa shape index (κ3) is 9.06. The Hall–Kier alpha value is -1.78. The first-order valence-corrected chi connectivity index (χ1v) is 8.11. The number of carbonyl (C=O) groups excluding carboxylic acids is 4. The van der Waals surface area contributed by atoms with Crippen molar-refractivity contribution in [3.63, 3.8) is 0 Å². The van der Waals surface area contributed by atoms with Gasteiger partial charge in [-0.1, -0.05) is 33.4 Å². The number of ketones is 2. The first-order chi connectivity index (χ1) is 10.8. The van der Waals surface area contributed by atoms with Crippen molar-refractivity contribution in [1.82, 2.24) is 0 Å². The Morgan fingerprint density at radius 1 is 1.09 bits per heavy atom. The lowest BCUT2D eigenvalue weighted by Crippen LogP contribution is -2.22. The van der Waals surface area contributed by atoms with Crippen molar-refractivity contribution in [2.45, 2.75) is 52.9 Å². The molecule has 0 aliphatic carbocycles. The highest BCUT2D eigenvalue weighted by molar-refractivity contribution is 6.25. The van der Waals surface area contributed by atoms with E-state index < -0.39 is 5.78 Å². The van der Waals surface area contributed by atoms with Crippen molar-refractivity contribution in [2.24, 2.45) is 17.8 Å². The third-order valence-electron chi connectivity index (χ3n) is 3.90. The van der Waals surface area contributed by atoms with Gasteiger partial charge < -0.3 is 4.74 Å². The molecule has 0 aliphatic rings. The number of aldehydes is 1. The van der Waals surface area contributed by atoms with Crippen LogP contribution in [-0.2, 0) is 23.9 Å². The van der Waals surface area contributed by atoms with Crippen LogP contribution in [0.1, 0.15) is 52.9 Å². The van der Waals surface area contributed by atoms with E-state index in [1.54, 1.807) is 6.92 Å². The van der Waals surface area contributed by atoms with Gasteiger partial charge in [-0.05, 0) is 25.2 Å². The van der Waals surface area contributed by atoms with Gasteiger partial charge in [0.2, 0.25) is 0 Å². The summed E-state index contributed by atoms with van der Waals surface area (Å²) in [5, 5.41) is 0. The van der Waals surface area contributed by atoms with E-state index in [0.29, 0.717) is 32.0 Å². The highest BCUT2D eigenvalue weighted by atomic mass is 16.5. The summed E-state index contributed by atoms with van der Waals surface area (Å²) < 4.78 is 4.91. The molecule has 0 aliphatic heterocycles. The number of carbonyl (C=O) groups is 4. The predicted octanol–water partition coefficient (Wildman–Crippen LogP) is 2.91. The Balaban J connectivity index is 4.29. The van der Waals surface area contributed by atoms with E-state index in [-0.39, 0.29) is 42.5 Å². The van der Waals surface area contributed by atoms with Gasteiger partial charge >= 0.3 is 5.97 Å². The van der Waals surface area contributed by atoms with E-state index >= 15 is 0 Å². The van der Waals surface area contributed by atoms with Crippen LogP contribution in [-0.4, -0.2) is 30.4 Å². The molecule has 0 heterocycles. The predicted molar refractivity (Wildman–Crippen MR) is 87.8 cm³/mol. The topological polar surface area (TPSA) is 77.5 Å². The molecule has 0 aromatic rings. The van der Waals surface area contributed by atoms with Crippen molar-refractivity contribution in [1.29, 1.82) is 0 Å². The maximum atomic E-state index is 12.3. The fourth-order valence-electron chi connectivity index (χ4n) is 2.39. The number of ether oxygens (including phenoxy) is 1. The number of Topliss-reactive ketones (excluding diaryl/α,β-unsaturated/α-hetero) is 2. The van der Waals surface area contributed by atoms with Crippen LogP contribution in [0.4, 0.5) is 0 Å². The molecule has 23 heavy (non-hydrogen) atoms. The van der Waals surface area contributed by atoms with Crippen molar-refractivity contribution in [3.8, 4) is 0 Å². The molecular formula is C18H28O5. The molecule has 0 amide bonds. The molecule has 0 spiro atoms. The van der Waals surface area contributed by atoms with Gasteiger partial charge in [0.25, 0.3) is 0 Å². The summed E-state index contributed by atoms with van der Waals surface area (Å²) in [5.74, 6) is -1.04. The molecule has 2 atom stereocenters. The highest BCUT2D eigenvalue weighted by Gasteiger charge is 2.23. The summed E-state index contributed by atoms with van der Waals surface area (Å²) in [7, 11) is 0. The zero-order valence-electron chi connectivity index (χ0n) is 14.4. The average Bonchev–Trinajstić information content (AvgIpc) is 2.51. The summed E-state index contributed by atoms with van der Waals surface area (Å²) in [5.41, 5.74) is 0. The number of hydrogen-bond acceptors (Lipinski definition) is 5. The minimum Gasteiger partial charge on any atom is -0.461 e. The molecule has 5 heteroatoms. The maximum absolute atomic E-state index is 12.3. The summed E-state index contributed by atoms with van der Waals surface area (Å²) in [6, 6.07) is 0. The van der Waals surface area contributed by atoms with Crippen LogP contribution in [0.2, 0.25) is 0 Å². The van der Waals surface area contributed by atoms with Crippen molar-refractivity contribution in [2.75, 3.05) is 6.61 Å². The largest absolute Gasteiger partial charge is 0.461 e. The van der Waals surface area contributed by atoms with Gasteiger partial charge in [0.05, 0.1) is 0 Å². The number of hydrogen-bond donors (Lipinski definition) is 0. The van der Waals surface area contributed by atoms with Crippen molar-refractivity contribution < 1.29 is 23.9 Å². The van der Waals surface area contributed by atoms with Crippen LogP contribution >= 0.6 is 0 Å². The monoisotopic (exact) mass is 324 g/mol. The summed E-state index contributed by atoms with van der Waals surface area (Å²) in [6.45, 7) is 9.26. The van der Waals surface area contributed by atoms with Crippen molar-refractivity contribution in [3.05, 3.63) is 12.7 Å². The normalized spacial score (nSPS) is 13.2. The van der Waals surface area contributed by atoms with Crippen LogP contribution < -0.4 is 0 Å². The van der Waals surface area contributed by atoms with Gasteiger partial charge in [-0.15, -0.1) is 0 Å². The Kier molecular flexibility index (Phi) is 10.8. The first kappa shape index (κ1) is 21.2. The van der Waals surface area contributed by atoms with Crippen LogP contribution in [0.25, 0.3) is 0 Å². The van der Waals surface area contributed by atoms with Crippen LogP contribution in [0, 0.1) is 17.8 Å². The molecule has 0 aromatic heterocycles. The Labute approximate surface area is 138 Å². The van der Waals surface area contributed by atoms with Gasteiger partial charge in [0.1, 0.15) is 12.4 Å². The minimum absolute atomic E-state index is 0.0993. The maximum Gasteiger partial charge on any atom is 0.306 e. The Bertz CT molecular complexity index is 425. The second-order valence-corrected chi connectivity index (χ2v) is 6.14. The van der Waals surface area contributed by atoms with Gasteiger partial charge in [-0.25, -0.2) is 0 Å². The molecule has 0 rings (SSSR count). The van der Waals surface area contributed by atoms with Crippen LogP contribution in [0.5, 0.6) is 0 Å². The second-order valence-electron chi connectivity index (χ2n) is 6.14. The van der Waals surface area contributed by atoms with Crippen LogP contribution in [0.15, 0.2) is 12.7 Å². The van der Waals surface area contributed by atoms with E-state index in [0.717, 1.165) is 0 Å². The molecule has 0 fully saturated rings. The molecule has 5 nitrogen and oxygen atoms in total. The van der Waals surface area contributed by atoms with Crippen LogP contribution in [0.3, 0.4) is 0 Å². The third-order valence-corrected chi connectivity index (χ3v) is 3.90. The minimum atomic E-state index is -0.428. The lowest BCUT2D eigenvalue weighted by Gasteiger charge is -2.19. The molecule has 0 saturated carbocycles. The SMILES string of the molecule is C=CCOC(=O)CCC(C(=O)CCCC(C)C(=O)C=O)C(C)C. The fourth-order valence-corrected chi connectivity index (χ4v) is 2.39. The highest BCUT2D eigenvalue weighted by Crippen LogP contribution is 2.22. The van der Waals surface area contributed by atoms with E-state index in [9.17, 15) is 19.2 Å². The van der Waals surface area contributed by atoms with E-state index in [1.807, 2.05) is 13.8 Å². The van der Waals surface area contributed by atoms with Crippen molar-refractivity contribution >= 4 is 23.8 Å². The molecule has 0 aromatic carbocycles. The average molecular weight is 324 g/mol. The fraction of sp³-hybridized carbons (Fsp3) is 0.667. The molecule has 2 unspecified atom stereocenters. The Morgan fingerprint density at radius 2 is 1.74 bits per heavy atom. The summed E-state index contributed by atoms with van der Waals surface area (Å²) in [6.07, 6.45) is 3.97. The molecule has 0 saturated heterocycles. The molecular weight excluding hydrogens is 296 g/mol. The zero-order valence-corrected chi connectivity index (χ0v) is 14.4. The second kappa shape index (κ2) is 11.7. The lowest BCUT2D eigenvalue weighted by molar-refractivity contribution is -0.143. The molecule has 130 valence electrons. The lowest BCUT2D eigenvalue weighted by atomic mass is 9.85. The van der Waals surface area contributed by atoms with Gasteiger partial charge in [0.15, 0.2) is 12.1 Å². The number of rotatable bonds is 13. The van der Waals surface area contributed by atoms with E-state index in [2.05, 4.69) is 6.58 Å². The molecule has 0 radical (unpaired) electrons. The van der Waals surface area contributed by atoms with E-state index in [1.165, 1.54) is 6.08 Å². The standard InChI is InChI=1S/C18H28O5/c1-5-11-23-18(22)10-9-15(13(2)3)16(20)8-6-7-14(4)17(21)12-19/h5,12-15H,1,6-11H2,2-4H3. The Morgan fingerprint density at radius 3 is 2.26 bits per heavy atom. The van der Waals surface area contributed by atoms with Gasteiger partial charge in [-0.2, -0.15) is 0 Å². The van der Waals surface area contributed by atoms with Gasteiger partial charge in [0, 0.05) is 24.7 Å².